The highest BCUT2D eigenvalue weighted by atomic mass is 16.5. The van der Waals surface area contributed by atoms with Crippen molar-refractivity contribution in [1.82, 2.24) is 10.3 Å². The molecule has 1 aromatic carbocycles. The molecule has 2 aromatic rings. The number of nitrogens with one attached hydrogen (secondary N) is 1. The molecule has 1 unspecified atom stereocenters. The fourth-order valence-electron chi connectivity index (χ4n) is 3.25. The SMILES string of the molecule is CCOc1cncc(C(NC)C2(c3ccccc3)CC2)c1. The third-order valence-corrected chi connectivity index (χ3v) is 4.36. The lowest BCUT2D eigenvalue weighted by atomic mass is 9.84. The van der Waals surface area contributed by atoms with Crippen LogP contribution < -0.4 is 10.1 Å². The molecule has 1 heterocycles. The molecule has 1 N–H and O–H groups in total. The zero-order valence-electron chi connectivity index (χ0n) is 12.7. The van der Waals surface area contributed by atoms with E-state index >= 15 is 0 Å². The Kier molecular flexibility index (Phi) is 3.93. The molecule has 3 rings (SSSR count). The van der Waals surface area contributed by atoms with Crippen molar-refractivity contribution in [3.05, 3.63) is 59.9 Å². The van der Waals surface area contributed by atoms with E-state index < -0.39 is 0 Å². The lowest BCUT2D eigenvalue weighted by molar-refractivity contribution is 0.337. The first-order chi connectivity index (χ1) is 10.3. The van der Waals surface area contributed by atoms with Gasteiger partial charge in [-0.1, -0.05) is 30.3 Å². The monoisotopic (exact) mass is 282 g/mol. The first kappa shape index (κ1) is 14.1. The van der Waals surface area contributed by atoms with Gasteiger partial charge < -0.3 is 10.1 Å². The Hall–Kier alpha value is -1.87. The number of aromatic nitrogens is 1. The molecule has 3 nitrogen and oxygen atoms in total. The molecule has 0 spiro atoms. The van der Waals surface area contributed by atoms with Crippen molar-refractivity contribution in [2.45, 2.75) is 31.2 Å². The van der Waals surface area contributed by atoms with Gasteiger partial charge in [-0.15, -0.1) is 0 Å². The van der Waals surface area contributed by atoms with Crippen LogP contribution in [0.5, 0.6) is 5.75 Å². The van der Waals surface area contributed by atoms with Crippen molar-refractivity contribution in [3.63, 3.8) is 0 Å². The standard InChI is InChI=1S/C18H22N2O/c1-3-21-16-11-14(12-20-13-16)17(19-2)18(9-10-18)15-7-5-4-6-8-15/h4-8,11-13,17,19H,3,9-10H2,1-2H3. The van der Waals surface area contributed by atoms with Crippen molar-refractivity contribution >= 4 is 0 Å². The molecule has 1 atom stereocenters. The van der Waals surface area contributed by atoms with Gasteiger partial charge in [0.1, 0.15) is 5.75 Å². The quantitative estimate of drug-likeness (QED) is 0.881. The zero-order valence-corrected chi connectivity index (χ0v) is 12.7. The van der Waals surface area contributed by atoms with E-state index in [2.05, 4.69) is 46.7 Å². The van der Waals surface area contributed by atoms with Crippen molar-refractivity contribution in [2.24, 2.45) is 0 Å². The van der Waals surface area contributed by atoms with Gasteiger partial charge in [0.25, 0.3) is 0 Å². The summed E-state index contributed by atoms with van der Waals surface area (Å²) in [4.78, 5) is 4.34. The molecule has 1 fully saturated rings. The molecule has 110 valence electrons. The summed E-state index contributed by atoms with van der Waals surface area (Å²) >= 11 is 0. The average molecular weight is 282 g/mol. The van der Waals surface area contributed by atoms with Crippen LogP contribution in [0.2, 0.25) is 0 Å². The summed E-state index contributed by atoms with van der Waals surface area (Å²) in [6.45, 7) is 2.66. The van der Waals surface area contributed by atoms with Gasteiger partial charge >= 0.3 is 0 Å². The second kappa shape index (κ2) is 5.86. The van der Waals surface area contributed by atoms with E-state index in [0.717, 1.165) is 5.75 Å². The minimum absolute atomic E-state index is 0.197. The van der Waals surface area contributed by atoms with Crippen LogP contribution in [0.25, 0.3) is 0 Å². The van der Waals surface area contributed by atoms with E-state index in [4.69, 9.17) is 4.74 Å². The number of rotatable bonds is 6. The van der Waals surface area contributed by atoms with Gasteiger partial charge in [-0.25, -0.2) is 0 Å². The molecule has 1 aromatic heterocycles. The molecule has 1 aliphatic carbocycles. The van der Waals surface area contributed by atoms with E-state index in [1.807, 2.05) is 20.2 Å². The maximum atomic E-state index is 5.59. The van der Waals surface area contributed by atoms with E-state index in [1.54, 1.807) is 6.20 Å². The summed E-state index contributed by atoms with van der Waals surface area (Å²) in [5, 5.41) is 3.49. The van der Waals surface area contributed by atoms with E-state index in [9.17, 15) is 0 Å². The summed E-state index contributed by atoms with van der Waals surface area (Å²) < 4.78 is 5.59. The zero-order chi connectivity index (χ0) is 14.7. The highest BCUT2D eigenvalue weighted by molar-refractivity contribution is 5.39. The Morgan fingerprint density at radius 2 is 2.00 bits per heavy atom. The Bertz CT molecular complexity index is 593. The van der Waals surface area contributed by atoms with Gasteiger partial charge in [0.05, 0.1) is 12.8 Å². The summed E-state index contributed by atoms with van der Waals surface area (Å²) in [7, 11) is 2.03. The summed E-state index contributed by atoms with van der Waals surface area (Å²) in [5.41, 5.74) is 2.80. The Morgan fingerprint density at radius 3 is 2.62 bits per heavy atom. The maximum absolute atomic E-state index is 5.59. The largest absolute Gasteiger partial charge is 0.492 e. The van der Waals surface area contributed by atoms with Crippen molar-refractivity contribution in [2.75, 3.05) is 13.7 Å². The third-order valence-electron chi connectivity index (χ3n) is 4.36. The van der Waals surface area contributed by atoms with Crippen LogP contribution in [0, 0.1) is 0 Å². The number of benzene rings is 1. The van der Waals surface area contributed by atoms with E-state index in [1.165, 1.54) is 24.0 Å². The molecular formula is C18H22N2O. The van der Waals surface area contributed by atoms with Crippen LogP contribution >= 0.6 is 0 Å². The molecule has 21 heavy (non-hydrogen) atoms. The molecule has 0 aliphatic heterocycles. The van der Waals surface area contributed by atoms with Crippen molar-refractivity contribution < 1.29 is 4.74 Å². The molecule has 1 saturated carbocycles. The molecule has 3 heteroatoms. The Labute approximate surface area is 126 Å². The molecule has 0 saturated heterocycles. The second-order valence-electron chi connectivity index (χ2n) is 5.63. The molecule has 1 aliphatic rings. The van der Waals surface area contributed by atoms with Crippen LogP contribution in [0.4, 0.5) is 0 Å². The second-order valence-corrected chi connectivity index (χ2v) is 5.63. The fourth-order valence-corrected chi connectivity index (χ4v) is 3.25. The van der Waals surface area contributed by atoms with Crippen LogP contribution in [0.3, 0.4) is 0 Å². The van der Waals surface area contributed by atoms with Gasteiger partial charge in [0.15, 0.2) is 0 Å². The predicted molar refractivity (Wildman–Crippen MR) is 84.6 cm³/mol. The van der Waals surface area contributed by atoms with Crippen LogP contribution in [0.15, 0.2) is 48.8 Å². The van der Waals surface area contributed by atoms with Crippen LogP contribution in [-0.2, 0) is 5.41 Å². The first-order valence-electron chi connectivity index (χ1n) is 7.60. The fraction of sp³-hybridized carbons (Fsp3) is 0.389. The van der Waals surface area contributed by atoms with Crippen molar-refractivity contribution in [1.29, 1.82) is 0 Å². The number of likely N-dealkylation sites (N-methyl/N-ethyl adjacent to an activating group) is 1. The van der Waals surface area contributed by atoms with Crippen molar-refractivity contribution in [3.8, 4) is 5.75 Å². The summed E-state index contributed by atoms with van der Waals surface area (Å²) in [5.74, 6) is 0.846. The molecule has 0 amide bonds. The lowest BCUT2D eigenvalue weighted by Gasteiger charge is -2.27. The minimum Gasteiger partial charge on any atom is -0.492 e. The lowest BCUT2D eigenvalue weighted by Crippen LogP contribution is -2.29. The van der Waals surface area contributed by atoms with Gasteiger partial charge in [-0.05, 0) is 44.0 Å². The minimum atomic E-state index is 0.197. The highest BCUT2D eigenvalue weighted by Crippen LogP contribution is 2.56. The molecule has 0 radical (unpaired) electrons. The van der Waals surface area contributed by atoms with E-state index in [-0.39, 0.29) is 11.5 Å². The van der Waals surface area contributed by atoms with Gasteiger partial charge in [0.2, 0.25) is 0 Å². The smallest absolute Gasteiger partial charge is 0.137 e. The number of pyridine rings is 1. The normalized spacial score (nSPS) is 17.2. The third kappa shape index (κ3) is 2.66. The molecule has 0 bridgehead atoms. The molecular weight excluding hydrogens is 260 g/mol. The average Bonchev–Trinajstić information content (AvgIpc) is 3.31. The summed E-state index contributed by atoms with van der Waals surface area (Å²) in [6.07, 6.45) is 6.15. The maximum Gasteiger partial charge on any atom is 0.137 e. The number of ether oxygens (including phenoxy) is 1. The van der Waals surface area contributed by atoms with Crippen LogP contribution in [-0.4, -0.2) is 18.6 Å². The predicted octanol–water partition coefficient (Wildman–Crippen LogP) is 3.47. The Balaban J connectivity index is 1.94. The van der Waals surface area contributed by atoms with Gasteiger partial charge in [-0.3, -0.25) is 4.98 Å². The number of hydrogen-bond acceptors (Lipinski definition) is 3. The van der Waals surface area contributed by atoms with Gasteiger partial charge in [0, 0.05) is 17.7 Å². The van der Waals surface area contributed by atoms with Gasteiger partial charge in [-0.2, -0.15) is 0 Å². The summed E-state index contributed by atoms with van der Waals surface area (Å²) in [6, 6.07) is 13.2. The first-order valence-corrected chi connectivity index (χ1v) is 7.60. The topological polar surface area (TPSA) is 34.1 Å². The van der Waals surface area contributed by atoms with E-state index in [0.29, 0.717) is 6.61 Å². The Morgan fingerprint density at radius 1 is 1.24 bits per heavy atom. The van der Waals surface area contributed by atoms with Crippen LogP contribution in [0.1, 0.15) is 36.9 Å². The number of hydrogen-bond donors (Lipinski definition) is 1. The number of nitrogens with zero attached hydrogens (tertiary/aromatic N) is 1. The highest BCUT2D eigenvalue weighted by Gasteiger charge is 2.50.